The number of carbonyl (C=O) groups excluding carboxylic acids is 2. The number of carbonyl (C=O) groups is 2. The lowest BCUT2D eigenvalue weighted by Gasteiger charge is -2.38. The second-order valence-corrected chi connectivity index (χ2v) is 10.3. The molecule has 0 bridgehead atoms. The quantitative estimate of drug-likeness (QED) is 0.656. The number of nitrogens with one attached hydrogen (secondary N) is 2. The summed E-state index contributed by atoms with van der Waals surface area (Å²) in [7, 11) is 0. The van der Waals surface area contributed by atoms with Crippen LogP contribution in [0.25, 0.3) is 0 Å². The molecule has 2 N–H and O–H groups in total. The monoisotopic (exact) mass is 493 g/mol. The predicted molar refractivity (Wildman–Crippen MR) is 122 cm³/mol. The largest absolute Gasteiger partial charge is 0.483 e. The van der Waals surface area contributed by atoms with E-state index in [1.165, 1.54) is 0 Å². The Balaban J connectivity index is 1.56. The van der Waals surface area contributed by atoms with Crippen molar-refractivity contribution in [2.75, 3.05) is 29.9 Å². The first-order valence-corrected chi connectivity index (χ1v) is 11.1. The van der Waals surface area contributed by atoms with Crippen molar-refractivity contribution in [3.63, 3.8) is 0 Å². The fourth-order valence-electron chi connectivity index (χ4n) is 4.01. The van der Waals surface area contributed by atoms with Crippen molar-refractivity contribution in [2.45, 2.75) is 58.2 Å². The average molecular weight is 494 g/mol. The van der Waals surface area contributed by atoms with E-state index in [1.54, 1.807) is 4.90 Å². The number of hydrogen-bond acceptors (Lipinski definition) is 7. The molecule has 2 amide bonds. The van der Waals surface area contributed by atoms with E-state index >= 15 is 0 Å². The summed E-state index contributed by atoms with van der Waals surface area (Å²) in [6.07, 6.45) is 0.478. The highest BCUT2D eigenvalue weighted by atomic mass is 79.9. The molecule has 1 aromatic carbocycles. The maximum atomic E-state index is 12.5. The van der Waals surface area contributed by atoms with Gasteiger partial charge in [0.1, 0.15) is 24.0 Å². The van der Waals surface area contributed by atoms with E-state index < -0.39 is 11.6 Å². The first-order chi connectivity index (χ1) is 14.5. The van der Waals surface area contributed by atoms with Gasteiger partial charge in [-0.1, -0.05) is 0 Å². The smallest absolute Gasteiger partial charge is 0.410 e. The molecule has 0 unspecified atom stereocenters. The molecule has 1 aromatic rings. The maximum absolute atomic E-state index is 12.5. The molecule has 1 saturated heterocycles. The molecule has 0 spiro atoms. The van der Waals surface area contributed by atoms with Crippen molar-refractivity contribution in [2.24, 2.45) is 5.10 Å². The minimum atomic E-state index is -0.526. The number of hydrogen-bond donors (Lipinski definition) is 2. The van der Waals surface area contributed by atoms with Gasteiger partial charge in [0.25, 0.3) is 5.91 Å². The lowest BCUT2D eigenvalue weighted by atomic mass is 10.0. The Morgan fingerprint density at radius 2 is 2.16 bits per heavy atom. The van der Waals surface area contributed by atoms with Gasteiger partial charge in [-0.25, -0.2) is 10.2 Å². The molecule has 9 nitrogen and oxygen atoms in total. The van der Waals surface area contributed by atoms with Crippen LogP contribution in [0.5, 0.6) is 5.75 Å². The first-order valence-electron chi connectivity index (χ1n) is 10.3. The third-order valence-corrected chi connectivity index (χ3v) is 6.22. The summed E-state index contributed by atoms with van der Waals surface area (Å²) < 4.78 is 12.2. The standard InChI is InChI=1S/C21H28BrN5O4/c1-12-18(28)25-24-17-10-30-16-8-13(22)14(9-15(16)27(12)17)23-21(5)6-7-26(11-21)19(29)31-20(2,3)4/h8-9,12,23H,6-7,10-11H2,1-5H3,(H,25,28)/t12-,21+/m0/s1. The number of amides is 2. The van der Waals surface area contributed by atoms with Gasteiger partial charge in [-0.3, -0.25) is 4.79 Å². The van der Waals surface area contributed by atoms with Crippen molar-refractivity contribution in [1.82, 2.24) is 10.3 Å². The Labute approximate surface area is 190 Å². The summed E-state index contributed by atoms with van der Waals surface area (Å²) in [4.78, 5) is 28.3. The van der Waals surface area contributed by atoms with E-state index in [1.807, 2.05) is 44.7 Å². The van der Waals surface area contributed by atoms with E-state index in [0.29, 0.717) is 31.3 Å². The van der Waals surface area contributed by atoms with Crippen LogP contribution in [0.4, 0.5) is 16.2 Å². The molecule has 0 radical (unpaired) electrons. The Kier molecular flexibility index (Phi) is 5.31. The van der Waals surface area contributed by atoms with Gasteiger partial charge in [0.15, 0.2) is 5.84 Å². The van der Waals surface area contributed by atoms with Gasteiger partial charge < -0.3 is 24.6 Å². The van der Waals surface area contributed by atoms with Crippen LogP contribution in [0, 0.1) is 0 Å². The average Bonchev–Trinajstić information content (AvgIpc) is 3.06. The second kappa shape index (κ2) is 7.58. The van der Waals surface area contributed by atoms with E-state index in [4.69, 9.17) is 9.47 Å². The predicted octanol–water partition coefficient (Wildman–Crippen LogP) is 3.29. The molecule has 3 aliphatic rings. The second-order valence-electron chi connectivity index (χ2n) is 9.48. The minimum Gasteiger partial charge on any atom is -0.483 e. The summed E-state index contributed by atoms with van der Waals surface area (Å²) in [5, 5.41) is 7.72. The zero-order chi connectivity index (χ0) is 22.6. The summed E-state index contributed by atoms with van der Waals surface area (Å²) >= 11 is 3.63. The molecule has 3 aliphatic heterocycles. The topological polar surface area (TPSA) is 95.5 Å². The third-order valence-electron chi connectivity index (χ3n) is 5.57. The van der Waals surface area contributed by atoms with Gasteiger partial charge in [0, 0.05) is 17.6 Å². The van der Waals surface area contributed by atoms with Gasteiger partial charge in [0.05, 0.1) is 16.9 Å². The molecule has 168 valence electrons. The number of halogens is 1. The highest BCUT2D eigenvalue weighted by Gasteiger charge is 2.39. The number of hydrazone groups is 1. The summed E-state index contributed by atoms with van der Waals surface area (Å²) in [6.45, 7) is 11.0. The number of ether oxygens (including phenoxy) is 2. The third kappa shape index (κ3) is 4.30. The molecular weight excluding hydrogens is 466 g/mol. The van der Waals surface area contributed by atoms with Gasteiger partial charge in [-0.15, -0.1) is 0 Å². The molecule has 10 heteroatoms. The van der Waals surface area contributed by atoms with Crippen LogP contribution >= 0.6 is 15.9 Å². The Morgan fingerprint density at radius 1 is 1.42 bits per heavy atom. The number of nitrogens with zero attached hydrogens (tertiary/aromatic N) is 3. The van der Waals surface area contributed by atoms with Crippen LogP contribution in [0.3, 0.4) is 0 Å². The van der Waals surface area contributed by atoms with Crippen molar-refractivity contribution in [3.8, 4) is 5.75 Å². The molecule has 3 heterocycles. The van der Waals surface area contributed by atoms with Crippen LogP contribution in [0.2, 0.25) is 0 Å². The van der Waals surface area contributed by atoms with Gasteiger partial charge in [-0.2, -0.15) is 5.10 Å². The lowest BCUT2D eigenvalue weighted by Crippen LogP contribution is -2.55. The summed E-state index contributed by atoms with van der Waals surface area (Å²) in [5.74, 6) is 1.19. The van der Waals surface area contributed by atoms with Crippen molar-refractivity contribution >= 4 is 45.1 Å². The number of likely N-dealkylation sites (tertiary alicyclic amines) is 1. The van der Waals surface area contributed by atoms with E-state index in [2.05, 4.69) is 38.7 Å². The fourth-order valence-corrected chi connectivity index (χ4v) is 4.43. The highest BCUT2D eigenvalue weighted by Crippen LogP contribution is 2.42. The molecular formula is C21H28BrN5O4. The van der Waals surface area contributed by atoms with E-state index in [0.717, 1.165) is 22.3 Å². The molecule has 0 aromatic heterocycles. The van der Waals surface area contributed by atoms with Gasteiger partial charge >= 0.3 is 6.09 Å². The Hall–Kier alpha value is -2.49. The summed E-state index contributed by atoms with van der Waals surface area (Å²) in [5.41, 5.74) is 3.32. The van der Waals surface area contributed by atoms with Gasteiger partial charge in [-0.05, 0) is 69.1 Å². The number of benzene rings is 1. The highest BCUT2D eigenvalue weighted by molar-refractivity contribution is 9.10. The Morgan fingerprint density at radius 3 is 2.87 bits per heavy atom. The van der Waals surface area contributed by atoms with Crippen molar-refractivity contribution in [3.05, 3.63) is 16.6 Å². The zero-order valence-electron chi connectivity index (χ0n) is 18.4. The SMILES string of the molecule is C[C@H]1C(=O)NN=C2COc3cc(Br)c(N[C@]4(C)CCN(C(=O)OC(C)(C)C)C4)cc3N21. The first kappa shape index (κ1) is 21.7. The van der Waals surface area contributed by atoms with Gasteiger partial charge in [0.2, 0.25) is 0 Å². The molecule has 1 fully saturated rings. The van der Waals surface area contributed by atoms with E-state index in [9.17, 15) is 9.59 Å². The van der Waals surface area contributed by atoms with Crippen LogP contribution in [0.15, 0.2) is 21.7 Å². The number of anilines is 2. The molecule has 2 atom stereocenters. The fraction of sp³-hybridized carbons (Fsp3) is 0.571. The maximum Gasteiger partial charge on any atom is 0.410 e. The number of rotatable bonds is 2. The lowest BCUT2D eigenvalue weighted by molar-refractivity contribution is -0.122. The molecule has 4 rings (SSSR count). The molecule has 31 heavy (non-hydrogen) atoms. The van der Waals surface area contributed by atoms with Crippen LogP contribution in [0.1, 0.15) is 41.0 Å². The zero-order valence-corrected chi connectivity index (χ0v) is 20.0. The van der Waals surface area contributed by atoms with Crippen molar-refractivity contribution in [1.29, 1.82) is 0 Å². The Bertz CT molecular complexity index is 960. The normalized spacial score (nSPS) is 25.2. The van der Waals surface area contributed by atoms with Crippen LogP contribution < -0.4 is 20.4 Å². The summed E-state index contributed by atoms with van der Waals surface area (Å²) in [6, 6.07) is 3.47. The minimum absolute atomic E-state index is 0.162. The van der Waals surface area contributed by atoms with Crippen LogP contribution in [-0.2, 0) is 9.53 Å². The number of fused-ring (bicyclic) bond motifs is 3. The van der Waals surface area contributed by atoms with Crippen LogP contribution in [-0.4, -0.2) is 59.6 Å². The van der Waals surface area contributed by atoms with E-state index in [-0.39, 0.29) is 17.5 Å². The van der Waals surface area contributed by atoms with Crippen molar-refractivity contribution < 1.29 is 19.1 Å². The molecule has 0 saturated carbocycles. The number of amidine groups is 1. The molecule has 0 aliphatic carbocycles.